The van der Waals surface area contributed by atoms with Crippen LogP contribution < -0.4 is 10.1 Å². The van der Waals surface area contributed by atoms with E-state index in [2.05, 4.69) is 22.6 Å². The van der Waals surface area contributed by atoms with Gasteiger partial charge >= 0.3 is 0 Å². The number of benzene rings is 1. The molecule has 1 atom stereocenters. The molecule has 2 aromatic rings. The molecule has 134 valence electrons. The van der Waals surface area contributed by atoms with Crippen molar-refractivity contribution in [1.29, 1.82) is 0 Å². The number of carbonyl (C=O) groups excluding carboxylic acids is 1. The maximum absolute atomic E-state index is 12.7. The van der Waals surface area contributed by atoms with Gasteiger partial charge in [-0.05, 0) is 52.0 Å². The predicted molar refractivity (Wildman–Crippen MR) is 95.2 cm³/mol. The lowest BCUT2D eigenvalue weighted by atomic mass is 10.2. The third kappa shape index (κ3) is 3.82. The summed E-state index contributed by atoms with van der Waals surface area (Å²) in [4.78, 5) is 14.6. The second-order valence-corrected chi connectivity index (χ2v) is 6.70. The minimum atomic E-state index is -0.0585. The van der Waals surface area contributed by atoms with Gasteiger partial charge in [-0.15, -0.1) is 5.10 Å². The Morgan fingerprint density at radius 1 is 1.32 bits per heavy atom. The zero-order valence-corrected chi connectivity index (χ0v) is 15.2. The molecule has 25 heavy (non-hydrogen) atoms. The number of hydrogen-bond donors (Lipinski definition) is 1. The third-order valence-corrected chi connectivity index (χ3v) is 4.21. The largest absolute Gasteiger partial charge is 0.491 e. The number of nitrogens with one attached hydrogen (secondary N) is 1. The van der Waals surface area contributed by atoms with Crippen LogP contribution in [0.2, 0.25) is 0 Å². The second kappa shape index (κ2) is 7.23. The smallest absolute Gasteiger partial charge is 0.276 e. The Hall–Kier alpha value is -2.41. The summed E-state index contributed by atoms with van der Waals surface area (Å²) in [7, 11) is 0. The normalized spacial score (nSPS) is 17.8. The van der Waals surface area contributed by atoms with Gasteiger partial charge in [0.25, 0.3) is 5.91 Å². The zero-order valence-electron chi connectivity index (χ0n) is 15.2. The van der Waals surface area contributed by atoms with Crippen LogP contribution in [-0.2, 0) is 0 Å². The molecule has 0 spiro atoms. The van der Waals surface area contributed by atoms with E-state index in [0.717, 1.165) is 23.7 Å². The van der Waals surface area contributed by atoms with Crippen molar-refractivity contribution in [2.24, 2.45) is 0 Å². The van der Waals surface area contributed by atoms with Crippen molar-refractivity contribution in [3.63, 3.8) is 0 Å². The SMILES string of the molecule is Cc1c(C(=O)N2CCNC(C)C2)nnn1-c1ccc(OC(C)C)cc1. The molecule has 1 fully saturated rings. The van der Waals surface area contributed by atoms with E-state index in [1.165, 1.54) is 0 Å². The molecule has 1 aromatic heterocycles. The molecule has 1 saturated heterocycles. The van der Waals surface area contributed by atoms with E-state index in [1.807, 2.05) is 49.9 Å². The topological polar surface area (TPSA) is 72.3 Å². The Kier molecular flexibility index (Phi) is 5.03. The van der Waals surface area contributed by atoms with Gasteiger partial charge in [0.05, 0.1) is 17.5 Å². The average Bonchev–Trinajstić information content (AvgIpc) is 2.96. The Balaban J connectivity index is 1.80. The van der Waals surface area contributed by atoms with Gasteiger partial charge in [-0.1, -0.05) is 5.21 Å². The number of nitrogens with zero attached hydrogens (tertiary/aromatic N) is 4. The number of piperazine rings is 1. The summed E-state index contributed by atoms with van der Waals surface area (Å²) in [6.45, 7) is 10.1. The van der Waals surface area contributed by atoms with E-state index >= 15 is 0 Å². The number of aromatic nitrogens is 3. The fourth-order valence-corrected chi connectivity index (χ4v) is 2.98. The molecule has 0 aliphatic carbocycles. The van der Waals surface area contributed by atoms with Crippen molar-refractivity contribution in [2.75, 3.05) is 19.6 Å². The molecule has 0 saturated carbocycles. The van der Waals surface area contributed by atoms with E-state index in [1.54, 1.807) is 4.68 Å². The minimum Gasteiger partial charge on any atom is -0.491 e. The summed E-state index contributed by atoms with van der Waals surface area (Å²) >= 11 is 0. The molecule has 1 aromatic carbocycles. The second-order valence-electron chi connectivity index (χ2n) is 6.70. The highest BCUT2D eigenvalue weighted by Crippen LogP contribution is 2.19. The zero-order chi connectivity index (χ0) is 18.0. The molecule has 1 aliphatic heterocycles. The van der Waals surface area contributed by atoms with Gasteiger partial charge in [0, 0.05) is 25.7 Å². The van der Waals surface area contributed by atoms with E-state index in [-0.39, 0.29) is 12.0 Å². The van der Waals surface area contributed by atoms with Crippen LogP contribution >= 0.6 is 0 Å². The molecule has 2 heterocycles. The molecule has 0 radical (unpaired) electrons. The number of ether oxygens (including phenoxy) is 1. The first-order chi connectivity index (χ1) is 12.0. The number of amides is 1. The minimum absolute atomic E-state index is 0.0585. The first-order valence-electron chi connectivity index (χ1n) is 8.67. The van der Waals surface area contributed by atoms with Gasteiger partial charge in [0.1, 0.15) is 5.75 Å². The Bertz CT molecular complexity index is 738. The summed E-state index contributed by atoms with van der Waals surface area (Å²) in [6, 6.07) is 7.92. The highest BCUT2D eigenvalue weighted by atomic mass is 16.5. The van der Waals surface area contributed by atoms with Gasteiger partial charge in [-0.2, -0.15) is 0 Å². The van der Waals surface area contributed by atoms with Gasteiger partial charge in [-0.3, -0.25) is 4.79 Å². The molecular weight excluding hydrogens is 318 g/mol. The molecule has 1 amide bonds. The highest BCUT2D eigenvalue weighted by Gasteiger charge is 2.26. The maximum Gasteiger partial charge on any atom is 0.276 e. The summed E-state index contributed by atoms with van der Waals surface area (Å²) in [5.74, 6) is 0.750. The van der Waals surface area contributed by atoms with E-state index in [9.17, 15) is 4.79 Å². The van der Waals surface area contributed by atoms with Crippen molar-refractivity contribution < 1.29 is 9.53 Å². The van der Waals surface area contributed by atoms with Crippen LogP contribution in [0.25, 0.3) is 5.69 Å². The van der Waals surface area contributed by atoms with Crippen molar-refractivity contribution >= 4 is 5.91 Å². The quantitative estimate of drug-likeness (QED) is 0.916. The lowest BCUT2D eigenvalue weighted by Crippen LogP contribution is -2.51. The molecule has 0 bridgehead atoms. The number of carbonyl (C=O) groups is 1. The van der Waals surface area contributed by atoms with Crippen LogP contribution in [-0.4, -0.2) is 57.6 Å². The lowest BCUT2D eigenvalue weighted by molar-refractivity contribution is 0.0702. The summed E-state index contributed by atoms with van der Waals surface area (Å²) in [5.41, 5.74) is 2.01. The Morgan fingerprint density at radius 3 is 2.68 bits per heavy atom. The molecule has 1 aliphatic rings. The fourth-order valence-electron chi connectivity index (χ4n) is 2.98. The van der Waals surface area contributed by atoms with E-state index < -0.39 is 0 Å². The van der Waals surface area contributed by atoms with Crippen molar-refractivity contribution in [3.05, 3.63) is 35.7 Å². The Morgan fingerprint density at radius 2 is 2.04 bits per heavy atom. The average molecular weight is 343 g/mol. The van der Waals surface area contributed by atoms with Crippen LogP contribution in [0, 0.1) is 6.92 Å². The van der Waals surface area contributed by atoms with Crippen molar-refractivity contribution in [2.45, 2.75) is 39.8 Å². The fraction of sp³-hybridized carbons (Fsp3) is 0.500. The first-order valence-corrected chi connectivity index (χ1v) is 8.67. The lowest BCUT2D eigenvalue weighted by Gasteiger charge is -2.31. The van der Waals surface area contributed by atoms with Crippen LogP contribution in [0.3, 0.4) is 0 Å². The van der Waals surface area contributed by atoms with E-state index in [4.69, 9.17) is 4.74 Å². The monoisotopic (exact) mass is 343 g/mol. The van der Waals surface area contributed by atoms with Gasteiger partial charge in [-0.25, -0.2) is 4.68 Å². The van der Waals surface area contributed by atoms with Crippen LogP contribution in [0.1, 0.15) is 37.0 Å². The molecule has 7 nitrogen and oxygen atoms in total. The third-order valence-electron chi connectivity index (χ3n) is 4.21. The summed E-state index contributed by atoms with van der Waals surface area (Å²) in [6.07, 6.45) is 0.129. The van der Waals surface area contributed by atoms with E-state index in [0.29, 0.717) is 24.8 Å². The number of hydrogen-bond acceptors (Lipinski definition) is 5. The number of rotatable bonds is 4. The standard InChI is InChI=1S/C18H25N5O2/c1-12(2)25-16-7-5-15(6-8-16)23-14(4)17(20-21-23)18(24)22-10-9-19-13(3)11-22/h5-8,12-13,19H,9-11H2,1-4H3. The molecule has 1 unspecified atom stereocenters. The maximum atomic E-state index is 12.7. The van der Waals surface area contributed by atoms with Gasteiger partial charge in [0.15, 0.2) is 5.69 Å². The van der Waals surface area contributed by atoms with Gasteiger partial charge < -0.3 is 15.0 Å². The Labute approximate surface area is 148 Å². The van der Waals surface area contributed by atoms with Gasteiger partial charge in [0.2, 0.25) is 0 Å². The van der Waals surface area contributed by atoms with Crippen LogP contribution in [0.5, 0.6) is 5.75 Å². The van der Waals surface area contributed by atoms with Crippen LogP contribution in [0.4, 0.5) is 0 Å². The highest BCUT2D eigenvalue weighted by molar-refractivity contribution is 5.93. The molecule has 1 N–H and O–H groups in total. The summed E-state index contributed by atoms with van der Waals surface area (Å²) < 4.78 is 7.35. The predicted octanol–water partition coefficient (Wildman–Crippen LogP) is 1.80. The van der Waals surface area contributed by atoms with Crippen LogP contribution in [0.15, 0.2) is 24.3 Å². The first kappa shape index (κ1) is 17.4. The summed E-state index contributed by atoms with van der Waals surface area (Å²) in [5, 5.41) is 11.6. The molecular formula is C18H25N5O2. The molecule has 7 heteroatoms. The van der Waals surface area contributed by atoms with Crippen molar-refractivity contribution in [3.8, 4) is 11.4 Å². The molecule has 3 rings (SSSR count). The van der Waals surface area contributed by atoms with Crippen molar-refractivity contribution in [1.82, 2.24) is 25.2 Å².